The molecule has 2 N–H and O–H groups in total. The Bertz CT molecular complexity index is 1080. The van der Waals surface area contributed by atoms with Crippen LogP contribution in [0.4, 0.5) is 0 Å². The molecule has 1 fully saturated rings. The summed E-state index contributed by atoms with van der Waals surface area (Å²) in [5.74, 6) is 0.317. The zero-order valence-electron chi connectivity index (χ0n) is 23.3. The third-order valence-corrected chi connectivity index (χ3v) is 9.13. The van der Waals surface area contributed by atoms with E-state index >= 15 is 0 Å². The average Bonchev–Trinajstić information content (AvgIpc) is 3.04. The Morgan fingerprint density at radius 3 is 2.58 bits per heavy atom. The summed E-state index contributed by atoms with van der Waals surface area (Å²) in [4.78, 5) is 31.0. The van der Waals surface area contributed by atoms with Crippen molar-refractivity contribution in [2.45, 2.75) is 70.5 Å². The van der Waals surface area contributed by atoms with E-state index in [-0.39, 0.29) is 29.4 Å². The van der Waals surface area contributed by atoms with Crippen LogP contribution in [-0.4, -0.2) is 72.5 Å². The van der Waals surface area contributed by atoms with Gasteiger partial charge in [-0.15, -0.1) is 0 Å². The number of halogens is 2. The van der Waals surface area contributed by atoms with Crippen molar-refractivity contribution in [3.8, 4) is 0 Å². The molecule has 2 amide bonds. The van der Waals surface area contributed by atoms with Crippen LogP contribution in [0.25, 0.3) is 0 Å². The van der Waals surface area contributed by atoms with Gasteiger partial charge in [-0.1, -0.05) is 48.9 Å². The molecule has 208 valence electrons. The maximum Gasteiger partial charge on any atom is 0.251 e. The fourth-order valence-electron chi connectivity index (χ4n) is 4.71. The number of rotatable bonds is 10. The monoisotopic (exact) mass is 652 g/mol. The lowest BCUT2D eigenvalue weighted by atomic mass is 9.95. The Hall–Kier alpha value is -1.68. The van der Waals surface area contributed by atoms with Crippen molar-refractivity contribution in [1.29, 1.82) is 0 Å². The molecule has 0 bridgehead atoms. The highest BCUT2D eigenvalue weighted by molar-refractivity contribution is 14.1. The van der Waals surface area contributed by atoms with Crippen molar-refractivity contribution >= 4 is 46.0 Å². The summed E-state index contributed by atoms with van der Waals surface area (Å²) in [6, 6.07) is 15.5. The number of benzene rings is 2. The molecule has 1 aliphatic heterocycles. The second-order valence-electron chi connectivity index (χ2n) is 11.2. The van der Waals surface area contributed by atoms with Gasteiger partial charge in [0.25, 0.3) is 5.91 Å². The van der Waals surface area contributed by atoms with Gasteiger partial charge in [-0.3, -0.25) is 9.59 Å². The summed E-state index contributed by atoms with van der Waals surface area (Å²) < 4.78 is 0.845. The Labute approximate surface area is 247 Å². The zero-order valence-corrected chi connectivity index (χ0v) is 26.2. The van der Waals surface area contributed by atoms with E-state index < -0.39 is 0 Å². The van der Waals surface area contributed by atoms with Crippen LogP contribution >= 0.6 is 34.2 Å². The molecule has 0 unspecified atom stereocenters. The Balaban J connectivity index is 1.72. The molecule has 2 aromatic rings. The summed E-state index contributed by atoms with van der Waals surface area (Å²) in [6.45, 7) is 11.4. The van der Waals surface area contributed by atoms with E-state index in [0.717, 1.165) is 23.0 Å². The third kappa shape index (κ3) is 8.66. The minimum atomic E-state index is -0.297. The highest BCUT2D eigenvalue weighted by Crippen LogP contribution is 2.23. The topological polar surface area (TPSA) is 64.7 Å². The summed E-state index contributed by atoms with van der Waals surface area (Å²) in [5, 5.41) is 7.31. The van der Waals surface area contributed by atoms with Crippen LogP contribution in [0.3, 0.4) is 0 Å². The van der Waals surface area contributed by atoms with Crippen molar-refractivity contribution in [2.75, 3.05) is 33.2 Å². The van der Waals surface area contributed by atoms with Crippen LogP contribution in [0.15, 0.2) is 48.5 Å². The molecule has 2 aromatic carbocycles. The van der Waals surface area contributed by atoms with E-state index in [9.17, 15) is 9.59 Å². The number of carbonyl (C=O) groups excluding carboxylic acids is 2. The number of hydrogen-bond acceptors (Lipinski definition) is 4. The predicted molar refractivity (Wildman–Crippen MR) is 165 cm³/mol. The van der Waals surface area contributed by atoms with Gasteiger partial charge in [-0.2, -0.15) is 0 Å². The number of hydrogen-bond donors (Lipinski definition) is 2. The fourth-order valence-corrected chi connectivity index (χ4v) is 5.34. The predicted octanol–water partition coefficient (Wildman–Crippen LogP) is 5.55. The first-order valence-corrected chi connectivity index (χ1v) is 15.0. The molecule has 1 aliphatic rings. The number of nitrogens with zero attached hydrogens (tertiary/aromatic N) is 2. The number of nitrogens with one attached hydrogen (secondary N) is 2. The maximum absolute atomic E-state index is 13.8. The molecule has 3 atom stereocenters. The molecular weight excluding hydrogens is 611 g/mol. The summed E-state index contributed by atoms with van der Waals surface area (Å²) in [5.41, 5.74) is 1.88. The van der Waals surface area contributed by atoms with E-state index in [2.05, 4.69) is 97.1 Å². The van der Waals surface area contributed by atoms with Crippen LogP contribution in [0.1, 0.15) is 68.8 Å². The van der Waals surface area contributed by atoms with Gasteiger partial charge in [0, 0.05) is 52.8 Å². The van der Waals surface area contributed by atoms with Crippen molar-refractivity contribution in [3.05, 3.63) is 68.3 Å². The van der Waals surface area contributed by atoms with Crippen LogP contribution in [0.2, 0.25) is 5.02 Å². The van der Waals surface area contributed by atoms with E-state index in [1.807, 2.05) is 11.0 Å². The molecular formula is C30H42ClIN4O2. The molecule has 0 aromatic heterocycles. The highest BCUT2D eigenvalue weighted by atomic mass is 127. The van der Waals surface area contributed by atoms with Gasteiger partial charge < -0.3 is 20.4 Å². The van der Waals surface area contributed by atoms with Crippen LogP contribution in [0.5, 0.6) is 0 Å². The maximum atomic E-state index is 13.8. The minimum absolute atomic E-state index is 0.000941. The lowest BCUT2D eigenvalue weighted by Gasteiger charge is -2.34. The first kappa shape index (κ1) is 30.9. The SMILES string of the molecule is CC[C@H](CN1CC[C@@H](CNC(=O)c2ccc(Cl)c(I)c2)N[C@@H](CCN(C)C(C)(C)C)C1=O)c1ccccc1. The normalized spacial score (nSPS) is 19.4. The second-order valence-corrected chi connectivity index (χ2v) is 12.8. The molecule has 3 rings (SSSR count). The highest BCUT2D eigenvalue weighted by Gasteiger charge is 2.33. The standard InChI is InChI=1S/C30H42ClIN4O2/c1-6-21(22-10-8-7-9-11-22)20-36-17-14-24(19-33-28(37)23-12-13-25(31)26(32)18-23)34-27(29(36)38)15-16-35(5)30(2,3)4/h7-13,18,21,24,27,34H,6,14-17,19-20H2,1-5H3,(H,33,37)/t21-,24+,27+/m1/s1. The average molecular weight is 653 g/mol. The van der Waals surface area contributed by atoms with Gasteiger partial charge in [-0.05, 0) is 93.4 Å². The zero-order chi connectivity index (χ0) is 27.9. The molecule has 1 saturated heterocycles. The van der Waals surface area contributed by atoms with Gasteiger partial charge in [0.05, 0.1) is 11.1 Å². The Kier molecular flexibility index (Phi) is 11.4. The van der Waals surface area contributed by atoms with Crippen LogP contribution < -0.4 is 10.6 Å². The lowest BCUT2D eigenvalue weighted by molar-refractivity contribution is -0.133. The molecule has 0 spiro atoms. The quantitative estimate of drug-likeness (QED) is 0.331. The van der Waals surface area contributed by atoms with Crippen LogP contribution in [0, 0.1) is 3.57 Å². The molecule has 8 heteroatoms. The molecule has 0 radical (unpaired) electrons. The molecule has 38 heavy (non-hydrogen) atoms. The fraction of sp³-hybridized carbons (Fsp3) is 0.533. The van der Waals surface area contributed by atoms with Gasteiger partial charge in [-0.25, -0.2) is 0 Å². The lowest BCUT2D eigenvalue weighted by Crippen LogP contribution is -2.51. The van der Waals surface area contributed by atoms with E-state index in [1.54, 1.807) is 18.2 Å². The van der Waals surface area contributed by atoms with Gasteiger partial charge in [0.2, 0.25) is 5.91 Å². The summed E-state index contributed by atoms with van der Waals surface area (Å²) in [6.07, 6.45) is 2.46. The molecule has 0 saturated carbocycles. The largest absolute Gasteiger partial charge is 0.350 e. The molecule has 1 heterocycles. The minimum Gasteiger partial charge on any atom is -0.350 e. The Morgan fingerprint density at radius 1 is 1.24 bits per heavy atom. The third-order valence-electron chi connectivity index (χ3n) is 7.59. The summed E-state index contributed by atoms with van der Waals surface area (Å²) >= 11 is 8.25. The van der Waals surface area contributed by atoms with Gasteiger partial charge >= 0.3 is 0 Å². The second kappa shape index (κ2) is 14.1. The smallest absolute Gasteiger partial charge is 0.251 e. The molecule has 0 aliphatic carbocycles. The summed E-state index contributed by atoms with van der Waals surface area (Å²) in [7, 11) is 2.10. The van der Waals surface area contributed by atoms with E-state index in [1.165, 1.54) is 5.56 Å². The number of amides is 2. The van der Waals surface area contributed by atoms with Crippen LogP contribution in [-0.2, 0) is 4.79 Å². The first-order valence-electron chi connectivity index (χ1n) is 13.5. The van der Waals surface area contributed by atoms with Crippen molar-refractivity contribution in [2.24, 2.45) is 0 Å². The first-order chi connectivity index (χ1) is 18.0. The van der Waals surface area contributed by atoms with Crippen molar-refractivity contribution in [3.63, 3.8) is 0 Å². The van der Waals surface area contributed by atoms with Gasteiger partial charge in [0.1, 0.15) is 0 Å². The molecule has 6 nitrogen and oxygen atoms in total. The van der Waals surface area contributed by atoms with E-state index in [4.69, 9.17) is 11.6 Å². The van der Waals surface area contributed by atoms with Crippen molar-refractivity contribution in [1.82, 2.24) is 20.4 Å². The number of carbonyl (C=O) groups is 2. The van der Waals surface area contributed by atoms with Crippen molar-refractivity contribution < 1.29 is 9.59 Å². The van der Waals surface area contributed by atoms with Gasteiger partial charge in [0.15, 0.2) is 0 Å². The Morgan fingerprint density at radius 2 is 1.95 bits per heavy atom. The van der Waals surface area contributed by atoms with E-state index in [0.29, 0.717) is 42.6 Å².